The average Bonchev–Trinajstić information content (AvgIpc) is 2.86. The first-order valence-corrected chi connectivity index (χ1v) is 6.65. The number of hydrogen-bond acceptors (Lipinski definition) is 4. The Morgan fingerprint density at radius 3 is 2.95 bits per heavy atom. The van der Waals surface area contributed by atoms with E-state index in [4.69, 9.17) is 4.74 Å². The fraction of sp³-hybridized carbons (Fsp3) is 0.571. The molecule has 5 nitrogen and oxygen atoms in total. The minimum Gasteiger partial charge on any atom is -0.380 e. The first-order chi connectivity index (χ1) is 9.11. The van der Waals surface area contributed by atoms with Gasteiger partial charge in [-0.3, -0.25) is 10.1 Å². The third kappa shape index (κ3) is 3.30. The van der Waals surface area contributed by atoms with Crippen molar-refractivity contribution in [2.24, 2.45) is 0 Å². The number of nitro groups is 1. The van der Waals surface area contributed by atoms with E-state index < -0.39 is 0 Å². The fourth-order valence-corrected chi connectivity index (χ4v) is 2.72. The van der Waals surface area contributed by atoms with Crippen LogP contribution in [-0.4, -0.2) is 24.2 Å². The van der Waals surface area contributed by atoms with Gasteiger partial charge in [-0.05, 0) is 31.7 Å². The van der Waals surface area contributed by atoms with Crippen LogP contribution in [0.4, 0.5) is 5.69 Å². The second kappa shape index (κ2) is 6.12. The van der Waals surface area contributed by atoms with Crippen molar-refractivity contribution in [3.05, 3.63) is 39.9 Å². The number of benzene rings is 1. The molecule has 3 unspecified atom stereocenters. The van der Waals surface area contributed by atoms with Gasteiger partial charge in [-0.2, -0.15) is 0 Å². The Hall–Kier alpha value is -1.46. The molecule has 1 N–H and O–H groups in total. The highest BCUT2D eigenvalue weighted by molar-refractivity contribution is 5.35. The van der Waals surface area contributed by atoms with Crippen LogP contribution in [0, 0.1) is 10.1 Å². The highest BCUT2D eigenvalue weighted by atomic mass is 16.6. The highest BCUT2D eigenvalue weighted by Gasteiger charge is 2.28. The number of methoxy groups -OCH3 is 1. The Morgan fingerprint density at radius 1 is 1.47 bits per heavy atom. The predicted octanol–water partition coefficient (Wildman–Crippen LogP) is 2.81. The van der Waals surface area contributed by atoms with Crippen LogP contribution in [0.3, 0.4) is 0 Å². The summed E-state index contributed by atoms with van der Waals surface area (Å²) in [6.07, 6.45) is 3.59. The van der Waals surface area contributed by atoms with E-state index in [-0.39, 0.29) is 22.8 Å². The zero-order valence-electron chi connectivity index (χ0n) is 11.3. The van der Waals surface area contributed by atoms with Gasteiger partial charge < -0.3 is 10.1 Å². The van der Waals surface area contributed by atoms with Crippen molar-refractivity contribution in [2.45, 2.75) is 44.4 Å². The van der Waals surface area contributed by atoms with Crippen molar-refractivity contribution in [3.8, 4) is 0 Å². The highest BCUT2D eigenvalue weighted by Crippen LogP contribution is 2.25. The summed E-state index contributed by atoms with van der Waals surface area (Å²) >= 11 is 0. The molecule has 0 amide bonds. The van der Waals surface area contributed by atoms with Crippen molar-refractivity contribution in [3.63, 3.8) is 0 Å². The third-order valence-electron chi connectivity index (χ3n) is 3.80. The zero-order chi connectivity index (χ0) is 13.8. The van der Waals surface area contributed by atoms with Crippen LogP contribution < -0.4 is 5.32 Å². The largest absolute Gasteiger partial charge is 0.380 e. The van der Waals surface area contributed by atoms with Crippen LogP contribution in [0.2, 0.25) is 0 Å². The minimum absolute atomic E-state index is 0.0839. The Kier molecular flexibility index (Phi) is 4.50. The molecule has 1 fully saturated rings. The normalized spacial score (nSPS) is 24.3. The van der Waals surface area contributed by atoms with E-state index in [1.54, 1.807) is 19.2 Å². The summed E-state index contributed by atoms with van der Waals surface area (Å²) in [6, 6.07) is 7.22. The summed E-state index contributed by atoms with van der Waals surface area (Å²) in [6.45, 7) is 2.03. The van der Waals surface area contributed by atoms with Gasteiger partial charge in [-0.15, -0.1) is 0 Å². The molecule has 2 rings (SSSR count). The van der Waals surface area contributed by atoms with Gasteiger partial charge in [0, 0.05) is 31.3 Å². The Balaban J connectivity index is 2.05. The summed E-state index contributed by atoms with van der Waals surface area (Å²) in [4.78, 5) is 10.4. The van der Waals surface area contributed by atoms with Crippen LogP contribution in [0.25, 0.3) is 0 Å². The maximum atomic E-state index is 10.8. The van der Waals surface area contributed by atoms with E-state index in [1.807, 2.05) is 13.0 Å². The van der Waals surface area contributed by atoms with Crippen LogP contribution >= 0.6 is 0 Å². The number of nitro benzene ring substituents is 1. The summed E-state index contributed by atoms with van der Waals surface area (Å²) < 4.78 is 5.45. The number of hydrogen-bond donors (Lipinski definition) is 1. The van der Waals surface area contributed by atoms with Crippen molar-refractivity contribution in [1.29, 1.82) is 0 Å². The lowest BCUT2D eigenvalue weighted by atomic mass is 10.1. The molecule has 0 heterocycles. The first kappa shape index (κ1) is 14.0. The van der Waals surface area contributed by atoms with Gasteiger partial charge in [0.05, 0.1) is 11.0 Å². The Labute approximate surface area is 113 Å². The van der Waals surface area contributed by atoms with Crippen LogP contribution in [-0.2, 0) is 4.74 Å². The number of nitrogens with zero attached hydrogens (tertiary/aromatic N) is 1. The molecule has 5 heteroatoms. The van der Waals surface area contributed by atoms with E-state index in [1.165, 1.54) is 6.07 Å². The van der Waals surface area contributed by atoms with Crippen molar-refractivity contribution in [2.75, 3.05) is 7.11 Å². The lowest BCUT2D eigenvalue weighted by Crippen LogP contribution is -2.38. The summed E-state index contributed by atoms with van der Waals surface area (Å²) in [5, 5.41) is 14.3. The summed E-state index contributed by atoms with van der Waals surface area (Å²) in [5.74, 6) is 0. The van der Waals surface area contributed by atoms with E-state index >= 15 is 0 Å². The third-order valence-corrected chi connectivity index (χ3v) is 3.80. The zero-order valence-corrected chi connectivity index (χ0v) is 11.3. The number of nitrogens with one attached hydrogen (secondary N) is 1. The molecule has 1 saturated carbocycles. The number of ether oxygens (including phenoxy) is 1. The van der Waals surface area contributed by atoms with E-state index in [9.17, 15) is 10.1 Å². The molecule has 1 aromatic carbocycles. The Bertz CT molecular complexity index is 450. The quantitative estimate of drug-likeness (QED) is 0.656. The standard InChI is InChI=1S/C14H20N2O3/c1-10(15-13-7-4-8-14(13)19-2)11-5-3-6-12(9-11)16(17)18/h3,5-6,9-10,13-15H,4,7-8H2,1-2H3. The smallest absolute Gasteiger partial charge is 0.269 e. The van der Waals surface area contributed by atoms with Crippen LogP contribution in [0.15, 0.2) is 24.3 Å². The number of rotatable bonds is 5. The summed E-state index contributed by atoms with van der Waals surface area (Å²) in [5.41, 5.74) is 1.08. The van der Waals surface area contributed by atoms with Gasteiger partial charge >= 0.3 is 0 Å². The van der Waals surface area contributed by atoms with E-state index in [0.717, 1.165) is 24.8 Å². The average molecular weight is 264 g/mol. The first-order valence-electron chi connectivity index (χ1n) is 6.65. The molecule has 3 atom stereocenters. The van der Waals surface area contributed by atoms with Crippen LogP contribution in [0.5, 0.6) is 0 Å². The molecule has 0 aromatic heterocycles. The van der Waals surface area contributed by atoms with Gasteiger partial charge in [-0.25, -0.2) is 0 Å². The maximum Gasteiger partial charge on any atom is 0.269 e. The molecule has 0 aliphatic heterocycles. The molecular weight excluding hydrogens is 244 g/mol. The topological polar surface area (TPSA) is 64.4 Å². The molecule has 0 spiro atoms. The molecule has 104 valence electrons. The van der Waals surface area contributed by atoms with Gasteiger partial charge in [-0.1, -0.05) is 12.1 Å². The molecule has 1 aliphatic carbocycles. The predicted molar refractivity (Wildman–Crippen MR) is 73.1 cm³/mol. The number of non-ortho nitro benzene ring substituents is 1. The van der Waals surface area contributed by atoms with Gasteiger partial charge in [0.2, 0.25) is 0 Å². The minimum atomic E-state index is -0.357. The van der Waals surface area contributed by atoms with Crippen molar-refractivity contribution >= 4 is 5.69 Å². The van der Waals surface area contributed by atoms with E-state index in [2.05, 4.69) is 5.32 Å². The second-order valence-corrected chi connectivity index (χ2v) is 5.05. The fourth-order valence-electron chi connectivity index (χ4n) is 2.72. The molecule has 0 radical (unpaired) electrons. The molecule has 0 bridgehead atoms. The van der Waals surface area contributed by atoms with Crippen molar-refractivity contribution in [1.82, 2.24) is 5.32 Å². The van der Waals surface area contributed by atoms with Gasteiger partial charge in [0.25, 0.3) is 5.69 Å². The molecule has 19 heavy (non-hydrogen) atoms. The molecule has 1 aromatic rings. The van der Waals surface area contributed by atoms with Crippen LogP contribution in [0.1, 0.15) is 37.8 Å². The monoisotopic (exact) mass is 264 g/mol. The summed E-state index contributed by atoms with van der Waals surface area (Å²) in [7, 11) is 1.74. The SMILES string of the molecule is COC1CCCC1NC(C)c1cccc([N+](=O)[O-])c1. The molecule has 1 aliphatic rings. The van der Waals surface area contributed by atoms with E-state index in [0.29, 0.717) is 6.04 Å². The van der Waals surface area contributed by atoms with Gasteiger partial charge in [0.15, 0.2) is 0 Å². The van der Waals surface area contributed by atoms with Crippen molar-refractivity contribution < 1.29 is 9.66 Å². The lowest BCUT2D eigenvalue weighted by molar-refractivity contribution is -0.384. The van der Waals surface area contributed by atoms with Gasteiger partial charge in [0.1, 0.15) is 0 Å². The lowest BCUT2D eigenvalue weighted by Gasteiger charge is -2.24. The maximum absolute atomic E-state index is 10.8. The molecule has 0 saturated heterocycles. The molecular formula is C14H20N2O3. The second-order valence-electron chi connectivity index (χ2n) is 5.05. The Morgan fingerprint density at radius 2 is 2.26 bits per heavy atom.